The molecule has 2 aromatic rings. The number of aromatic nitrogens is 3. The molecule has 0 saturated carbocycles. The molecule has 1 atom stereocenters. The van der Waals surface area contributed by atoms with Crippen molar-refractivity contribution in [3.05, 3.63) is 40.4 Å². The van der Waals surface area contributed by atoms with E-state index in [1.165, 1.54) is 12.1 Å². The van der Waals surface area contributed by atoms with E-state index in [-0.39, 0.29) is 42.3 Å². The zero-order chi connectivity index (χ0) is 20.1. The Morgan fingerprint density at radius 1 is 1.45 bits per heavy atom. The Morgan fingerprint density at radius 3 is 2.97 bits per heavy atom. The topological polar surface area (TPSA) is 76.4 Å². The van der Waals surface area contributed by atoms with E-state index in [1.54, 1.807) is 6.07 Å². The highest BCUT2D eigenvalue weighted by Crippen LogP contribution is 2.25. The minimum Gasteiger partial charge on any atom is -0.434 e. The molecule has 0 radical (unpaired) electrons. The second-order valence-electron chi connectivity index (χ2n) is 6.46. The first-order valence-corrected chi connectivity index (χ1v) is 9.50. The lowest BCUT2D eigenvalue weighted by atomic mass is 10.1. The van der Waals surface area contributed by atoms with Crippen molar-refractivity contribution in [2.45, 2.75) is 52.4 Å². The quantitative estimate of drug-likeness (QED) is 0.333. The minimum atomic E-state index is -2.90. The number of hydrogen-bond donors (Lipinski definition) is 2. The molecular weight excluding hydrogens is 517 g/mol. The van der Waals surface area contributed by atoms with E-state index in [9.17, 15) is 8.78 Å². The Balaban J connectivity index is 0.00000300. The van der Waals surface area contributed by atoms with Crippen molar-refractivity contribution in [1.82, 2.24) is 25.4 Å². The minimum absolute atomic E-state index is 0. The smallest absolute Gasteiger partial charge is 0.387 e. The summed E-state index contributed by atoms with van der Waals surface area (Å²) in [7, 11) is 0. The van der Waals surface area contributed by atoms with Crippen molar-refractivity contribution in [3.8, 4) is 5.75 Å². The van der Waals surface area contributed by atoms with Crippen LogP contribution in [0, 0.1) is 6.92 Å². The van der Waals surface area contributed by atoms with Crippen LogP contribution >= 0.6 is 35.6 Å². The third-order valence-electron chi connectivity index (χ3n) is 4.30. The summed E-state index contributed by atoms with van der Waals surface area (Å²) >= 11 is 6.00. The first-order chi connectivity index (χ1) is 13.4. The second kappa shape index (κ2) is 10.9. The molecule has 0 aliphatic carbocycles. The molecule has 29 heavy (non-hydrogen) atoms. The number of alkyl halides is 2. The number of fused-ring (bicyclic) bond motifs is 1. The van der Waals surface area contributed by atoms with Crippen LogP contribution in [0.4, 0.5) is 8.78 Å². The van der Waals surface area contributed by atoms with Gasteiger partial charge in [-0.15, -0.1) is 24.0 Å². The summed E-state index contributed by atoms with van der Waals surface area (Å²) in [5, 5.41) is 11.4. The molecule has 1 aromatic heterocycles. The lowest BCUT2D eigenvalue weighted by molar-refractivity contribution is -0.0504. The molecular formula is C18H24ClF2IN6O. The van der Waals surface area contributed by atoms with Crippen LogP contribution in [0.1, 0.15) is 30.6 Å². The van der Waals surface area contributed by atoms with Crippen LogP contribution in [-0.2, 0) is 19.5 Å². The lowest BCUT2D eigenvalue weighted by Crippen LogP contribution is -2.47. The van der Waals surface area contributed by atoms with Crippen molar-refractivity contribution in [1.29, 1.82) is 0 Å². The Bertz CT molecular complexity index is 848. The highest BCUT2D eigenvalue weighted by molar-refractivity contribution is 14.0. The van der Waals surface area contributed by atoms with Gasteiger partial charge in [-0.1, -0.05) is 11.6 Å². The summed E-state index contributed by atoms with van der Waals surface area (Å²) in [6.07, 6.45) is 1.73. The first kappa shape index (κ1) is 23.6. The molecule has 0 bridgehead atoms. The first-order valence-electron chi connectivity index (χ1n) is 9.13. The molecule has 2 N–H and O–H groups in total. The molecule has 0 fully saturated rings. The molecule has 0 saturated heterocycles. The van der Waals surface area contributed by atoms with Crippen molar-refractivity contribution < 1.29 is 13.5 Å². The van der Waals surface area contributed by atoms with Crippen LogP contribution < -0.4 is 15.4 Å². The van der Waals surface area contributed by atoms with E-state index >= 15 is 0 Å². The molecule has 11 heteroatoms. The number of aliphatic imine (C=N–C) groups is 1. The maximum Gasteiger partial charge on any atom is 0.387 e. The second-order valence-corrected chi connectivity index (χ2v) is 6.90. The highest BCUT2D eigenvalue weighted by atomic mass is 127. The van der Waals surface area contributed by atoms with Crippen molar-refractivity contribution in [3.63, 3.8) is 0 Å². The lowest BCUT2D eigenvalue weighted by Gasteiger charge is -2.25. The molecule has 160 valence electrons. The Kier molecular flexibility index (Phi) is 8.87. The van der Waals surface area contributed by atoms with Crippen LogP contribution in [-0.4, -0.2) is 39.9 Å². The molecule has 1 aromatic carbocycles. The number of aryl methyl sites for hydroxylation is 2. The summed E-state index contributed by atoms with van der Waals surface area (Å²) < 4.78 is 31.7. The monoisotopic (exact) mass is 540 g/mol. The van der Waals surface area contributed by atoms with Gasteiger partial charge in [0.25, 0.3) is 0 Å². The van der Waals surface area contributed by atoms with Gasteiger partial charge in [0.2, 0.25) is 0 Å². The molecule has 0 spiro atoms. The van der Waals surface area contributed by atoms with Gasteiger partial charge in [-0.25, -0.2) is 14.7 Å². The molecule has 2 heterocycles. The highest BCUT2D eigenvalue weighted by Gasteiger charge is 2.21. The third-order valence-corrected chi connectivity index (χ3v) is 4.53. The van der Waals surface area contributed by atoms with Gasteiger partial charge in [-0.3, -0.25) is 0 Å². The van der Waals surface area contributed by atoms with E-state index < -0.39 is 6.61 Å². The fourth-order valence-corrected chi connectivity index (χ4v) is 3.31. The molecule has 3 rings (SSSR count). The van der Waals surface area contributed by atoms with Crippen LogP contribution in [0.3, 0.4) is 0 Å². The average molecular weight is 541 g/mol. The van der Waals surface area contributed by atoms with E-state index in [4.69, 9.17) is 11.6 Å². The van der Waals surface area contributed by atoms with E-state index in [2.05, 4.69) is 30.4 Å². The summed E-state index contributed by atoms with van der Waals surface area (Å²) in [4.78, 5) is 8.92. The van der Waals surface area contributed by atoms with E-state index in [1.807, 2.05) is 18.5 Å². The van der Waals surface area contributed by atoms with Gasteiger partial charge in [-0.2, -0.15) is 13.9 Å². The number of rotatable bonds is 6. The zero-order valence-corrected chi connectivity index (χ0v) is 19.2. The number of nitrogens with one attached hydrogen (secondary N) is 2. The number of hydrogen-bond acceptors (Lipinski definition) is 4. The summed E-state index contributed by atoms with van der Waals surface area (Å²) in [6, 6.07) is 4.66. The average Bonchev–Trinajstić information content (AvgIpc) is 3.00. The van der Waals surface area contributed by atoms with Gasteiger partial charge >= 0.3 is 6.61 Å². The summed E-state index contributed by atoms with van der Waals surface area (Å²) in [5.74, 6) is 2.42. The van der Waals surface area contributed by atoms with Gasteiger partial charge in [0.1, 0.15) is 17.4 Å². The normalized spacial score (nSPS) is 16.2. The Hall–Kier alpha value is -1.69. The van der Waals surface area contributed by atoms with Crippen molar-refractivity contribution in [2.24, 2.45) is 4.99 Å². The standard InChI is InChI=1S/C18H23ClF2N6O.HI/c1-3-22-18(25-14-5-7-16-24-11(2)26-27(16)10-14)23-9-12-8-13(19)4-6-15(12)28-17(20)21;/h4,6,8,14,17H,3,5,7,9-10H2,1-2H3,(H2,22,23,25);1H. The van der Waals surface area contributed by atoms with E-state index in [0.717, 1.165) is 24.5 Å². The zero-order valence-electron chi connectivity index (χ0n) is 16.2. The predicted octanol–water partition coefficient (Wildman–Crippen LogP) is 3.53. The Morgan fingerprint density at radius 2 is 2.24 bits per heavy atom. The van der Waals surface area contributed by atoms with Gasteiger partial charge in [0, 0.05) is 29.6 Å². The number of benzene rings is 1. The van der Waals surface area contributed by atoms with Gasteiger partial charge in [-0.05, 0) is 38.5 Å². The maximum absolute atomic E-state index is 12.6. The number of nitrogens with zero attached hydrogens (tertiary/aromatic N) is 4. The summed E-state index contributed by atoms with van der Waals surface area (Å²) in [6.45, 7) is 2.45. The van der Waals surface area contributed by atoms with Crippen molar-refractivity contribution >= 4 is 41.5 Å². The van der Waals surface area contributed by atoms with Gasteiger partial charge < -0.3 is 15.4 Å². The van der Waals surface area contributed by atoms with Crippen LogP contribution in [0.2, 0.25) is 5.02 Å². The van der Waals surface area contributed by atoms with Crippen molar-refractivity contribution in [2.75, 3.05) is 6.54 Å². The number of guanidine groups is 1. The fourth-order valence-electron chi connectivity index (χ4n) is 3.11. The molecule has 7 nitrogen and oxygen atoms in total. The predicted molar refractivity (Wildman–Crippen MR) is 118 cm³/mol. The number of ether oxygens (including phenoxy) is 1. The largest absolute Gasteiger partial charge is 0.434 e. The fraction of sp³-hybridized carbons (Fsp3) is 0.500. The maximum atomic E-state index is 12.6. The SMILES string of the molecule is CCNC(=NCc1cc(Cl)ccc1OC(F)F)NC1CCc2nc(C)nn2C1.I. The number of halogens is 4. The van der Waals surface area contributed by atoms with Gasteiger partial charge in [0.05, 0.1) is 13.1 Å². The van der Waals surface area contributed by atoms with E-state index in [0.29, 0.717) is 29.6 Å². The molecule has 1 aliphatic heterocycles. The summed E-state index contributed by atoms with van der Waals surface area (Å²) in [5.41, 5.74) is 0.489. The Labute approximate surface area is 190 Å². The third kappa shape index (κ3) is 6.66. The van der Waals surface area contributed by atoms with Gasteiger partial charge in [0.15, 0.2) is 5.96 Å². The molecule has 0 amide bonds. The van der Waals surface area contributed by atoms with Crippen LogP contribution in [0.25, 0.3) is 0 Å². The molecule has 1 unspecified atom stereocenters. The van der Waals surface area contributed by atoms with Crippen LogP contribution in [0.15, 0.2) is 23.2 Å². The van der Waals surface area contributed by atoms with Crippen LogP contribution in [0.5, 0.6) is 5.75 Å². The molecule has 1 aliphatic rings.